The van der Waals surface area contributed by atoms with Crippen LogP contribution in [0, 0.1) is 12.8 Å². The van der Waals surface area contributed by atoms with Crippen LogP contribution in [0.25, 0.3) is 10.9 Å². The number of methoxy groups -OCH3 is 1. The molecule has 0 N–H and O–H groups in total. The number of benzene rings is 2. The van der Waals surface area contributed by atoms with Crippen LogP contribution in [0.4, 0.5) is 0 Å². The smallest absolute Gasteiger partial charge is 0.254 e. The molecule has 0 radical (unpaired) electrons. The van der Waals surface area contributed by atoms with Gasteiger partial charge in [-0.05, 0) is 56.2 Å². The number of carbonyl (C=O) groups is 2. The highest BCUT2D eigenvalue weighted by atomic mass is 16.5. The molecule has 0 aliphatic carbocycles. The van der Waals surface area contributed by atoms with Gasteiger partial charge in [0.2, 0.25) is 0 Å². The molecule has 148 valence electrons. The molecule has 0 saturated carbocycles. The number of hydrogen-bond donors (Lipinski definition) is 0. The Labute approximate surface area is 170 Å². The maximum atomic E-state index is 13.2. The number of carbonyl (C=O) groups excluding carboxylic acids is 2. The summed E-state index contributed by atoms with van der Waals surface area (Å²) in [5, 5.41) is 0.875. The Bertz CT molecular complexity index is 1050. The number of Topliss-reactive ketones (excluding diaryl/α,β-unsaturated/α-hetero) is 1. The van der Waals surface area contributed by atoms with E-state index >= 15 is 0 Å². The first-order chi connectivity index (χ1) is 14.1. The second kappa shape index (κ2) is 8.03. The number of hydrogen-bond acceptors (Lipinski definition) is 4. The first-order valence-electron chi connectivity index (χ1n) is 9.91. The molecule has 0 atom stereocenters. The van der Waals surface area contributed by atoms with Crippen LogP contribution in [0.5, 0.6) is 5.75 Å². The van der Waals surface area contributed by atoms with E-state index in [9.17, 15) is 9.59 Å². The Hall–Kier alpha value is -3.21. The number of ether oxygens (including phenoxy) is 1. The molecule has 0 unspecified atom stereocenters. The lowest BCUT2D eigenvalue weighted by molar-refractivity contribution is 0.0652. The fourth-order valence-corrected chi connectivity index (χ4v) is 3.99. The Balaban J connectivity index is 1.47. The minimum atomic E-state index is -0.0524. The second-order valence-electron chi connectivity index (χ2n) is 7.49. The van der Waals surface area contributed by atoms with Gasteiger partial charge in [-0.2, -0.15) is 0 Å². The molecule has 2 heterocycles. The van der Waals surface area contributed by atoms with Crippen molar-refractivity contribution in [1.82, 2.24) is 9.88 Å². The number of amides is 1. The third-order valence-corrected chi connectivity index (χ3v) is 5.60. The summed E-state index contributed by atoms with van der Waals surface area (Å²) >= 11 is 0. The van der Waals surface area contributed by atoms with Gasteiger partial charge >= 0.3 is 0 Å². The number of likely N-dealkylation sites (tertiary alicyclic amines) is 1. The first kappa shape index (κ1) is 19.1. The average Bonchev–Trinajstić information content (AvgIpc) is 2.77. The lowest BCUT2D eigenvalue weighted by Crippen LogP contribution is -2.40. The van der Waals surface area contributed by atoms with E-state index in [1.165, 1.54) is 0 Å². The molecule has 1 saturated heterocycles. The summed E-state index contributed by atoms with van der Waals surface area (Å²) < 4.78 is 5.16. The van der Waals surface area contributed by atoms with Crippen molar-refractivity contribution in [3.63, 3.8) is 0 Å². The van der Waals surface area contributed by atoms with Gasteiger partial charge in [0, 0.05) is 35.7 Å². The summed E-state index contributed by atoms with van der Waals surface area (Å²) in [5.41, 5.74) is 3.05. The van der Waals surface area contributed by atoms with E-state index in [-0.39, 0.29) is 17.6 Å². The predicted octanol–water partition coefficient (Wildman–Crippen LogP) is 4.29. The third-order valence-electron chi connectivity index (χ3n) is 5.60. The molecule has 5 nitrogen and oxygen atoms in total. The fraction of sp³-hybridized carbons (Fsp3) is 0.292. The zero-order chi connectivity index (χ0) is 20.4. The summed E-state index contributed by atoms with van der Waals surface area (Å²) in [7, 11) is 1.61. The van der Waals surface area contributed by atoms with E-state index < -0.39 is 0 Å². The molecule has 29 heavy (non-hydrogen) atoms. The summed E-state index contributed by atoms with van der Waals surface area (Å²) in [4.78, 5) is 32.4. The topological polar surface area (TPSA) is 59.5 Å². The standard InChI is InChI=1S/C24H24N2O3/c1-16-15-21(20-5-3-4-6-22(20)25-16)24(28)26-13-11-18(12-14-26)23(27)17-7-9-19(29-2)10-8-17/h3-10,15,18H,11-14H2,1-2H3. The first-order valence-corrected chi connectivity index (χ1v) is 9.91. The molecular weight excluding hydrogens is 364 g/mol. The minimum Gasteiger partial charge on any atom is -0.497 e. The SMILES string of the molecule is COc1ccc(C(=O)C2CCN(C(=O)c3cc(C)nc4ccccc34)CC2)cc1. The molecule has 0 bridgehead atoms. The van der Waals surface area contributed by atoms with Crippen LogP contribution >= 0.6 is 0 Å². The van der Waals surface area contributed by atoms with Crippen molar-refractivity contribution >= 4 is 22.6 Å². The second-order valence-corrected chi connectivity index (χ2v) is 7.49. The zero-order valence-electron chi connectivity index (χ0n) is 16.7. The number of pyridine rings is 1. The van der Waals surface area contributed by atoms with E-state index in [2.05, 4.69) is 4.98 Å². The van der Waals surface area contributed by atoms with Crippen molar-refractivity contribution in [3.8, 4) is 5.75 Å². The number of nitrogens with zero attached hydrogens (tertiary/aromatic N) is 2. The maximum Gasteiger partial charge on any atom is 0.254 e. The zero-order valence-corrected chi connectivity index (χ0v) is 16.7. The van der Waals surface area contributed by atoms with Gasteiger partial charge in [0.15, 0.2) is 5.78 Å². The van der Waals surface area contributed by atoms with Crippen LogP contribution in [0.3, 0.4) is 0 Å². The summed E-state index contributed by atoms with van der Waals surface area (Å²) in [5.74, 6) is 0.845. The number of piperidine rings is 1. The van der Waals surface area contributed by atoms with Gasteiger partial charge in [-0.3, -0.25) is 14.6 Å². The lowest BCUT2D eigenvalue weighted by Gasteiger charge is -2.31. The predicted molar refractivity (Wildman–Crippen MR) is 112 cm³/mol. The van der Waals surface area contributed by atoms with E-state index in [1.807, 2.05) is 66.4 Å². The normalized spacial score (nSPS) is 14.8. The van der Waals surface area contributed by atoms with Crippen LogP contribution in [-0.4, -0.2) is 41.8 Å². The Morgan fingerprint density at radius 1 is 1.03 bits per heavy atom. The molecule has 1 aliphatic heterocycles. The number of aryl methyl sites for hydroxylation is 1. The van der Waals surface area contributed by atoms with E-state index in [0.717, 1.165) is 22.3 Å². The molecular formula is C24H24N2O3. The van der Waals surface area contributed by atoms with Crippen LogP contribution in [0.15, 0.2) is 54.6 Å². The van der Waals surface area contributed by atoms with Crippen molar-refractivity contribution in [2.75, 3.05) is 20.2 Å². The van der Waals surface area contributed by atoms with E-state index in [0.29, 0.717) is 37.1 Å². The largest absolute Gasteiger partial charge is 0.497 e. The number of rotatable bonds is 4. The molecule has 1 aromatic heterocycles. The van der Waals surface area contributed by atoms with Crippen LogP contribution < -0.4 is 4.74 Å². The van der Waals surface area contributed by atoms with E-state index in [1.54, 1.807) is 7.11 Å². The Morgan fingerprint density at radius 3 is 2.41 bits per heavy atom. The van der Waals surface area contributed by atoms with Crippen LogP contribution in [0.2, 0.25) is 0 Å². The van der Waals surface area contributed by atoms with Crippen molar-refractivity contribution in [2.24, 2.45) is 5.92 Å². The number of ketones is 1. The van der Waals surface area contributed by atoms with Crippen LogP contribution in [-0.2, 0) is 0 Å². The third kappa shape index (κ3) is 3.86. The van der Waals surface area contributed by atoms with E-state index in [4.69, 9.17) is 4.74 Å². The van der Waals surface area contributed by atoms with Crippen molar-refractivity contribution in [2.45, 2.75) is 19.8 Å². The van der Waals surface area contributed by atoms with Gasteiger partial charge in [-0.25, -0.2) is 0 Å². The monoisotopic (exact) mass is 388 g/mol. The summed E-state index contributed by atoms with van der Waals surface area (Å²) in [6, 6.07) is 16.8. The molecule has 4 rings (SSSR count). The summed E-state index contributed by atoms with van der Waals surface area (Å²) in [6.45, 7) is 3.07. The number of fused-ring (bicyclic) bond motifs is 1. The Morgan fingerprint density at radius 2 is 1.72 bits per heavy atom. The highest BCUT2D eigenvalue weighted by Crippen LogP contribution is 2.26. The fourth-order valence-electron chi connectivity index (χ4n) is 3.99. The maximum absolute atomic E-state index is 13.2. The molecule has 2 aromatic carbocycles. The minimum absolute atomic E-state index is 0.0158. The van der Waals surface area contributed by atoms with Gasteiger partial charge in [0.25, 0.3) is 5.91 Å². The summed E-state index contributed by atoms with van der Waals surface area (Å²) in [6.07, 6.45) is 1.36. The van der Waals surface area contributed by atoms with Crippen LogP contribution in [0.1, 0.15) is 39.3 Å². The molecule has 0 spiro atoms. The quantitative estimate of drug-likeness (QED) is 0.626. The Kier molecular flexibility index (Phi) is 5.30. The lowest BCUT2D eigenvalue weighted by atomic mass is 9.88. The van der Waals surface area contributed by atoms with Gasteiger partial charge in [-0.1, -0.05) is 18.2 Å². The average molecular weight is 388 g/mol. The van der Waals surface area contributed by atoms with Crippen molar-refractivity contribution < 1.29 is 14.3 Å². The van der Waals surface area contributed by atoms with Gasteiger partial charge in [0.1, 0.15) is 5.75 Å². The van der Waals surface area contributed by atoms with Gasteiger partial charge in [0.05, 0.1) is 18.2 Å². The molecule has 1 fully saturated rings. The van der Waals surface area contributed by atoms with Crippen molar-refractivity contribution in [3.05, 3.63) is 71.4 Å². The molecule has 1 aliphatic rings. The highest BCUT2D eigenvalue weighted by molar-refractivity contribution is 6.06. The molecule has 5 heteroatoms. The van der Waals surface area contributed by atoms with Crippen molar-refractivity contribution in [1.29, 1.82) is 0 Å². The van der Waals surface area contributed by atoms with Gasteiger partial charge in [-0.15, -0.1) is 0 Å². The molecule has 1 amide bonds. The number of aromatic nitrogens is 1. The molecule has 3 aromatic rings. The number of para-hydroxylation sites is 1. The van der Waals surface area contributed by atoms with Gasteiger partial charge < -0.3 is 9.64 Å². The highest BCUT2D eigenvalue weighted by Gasteiger charge is 2.29.